The van der Waals surface area contributed by atoms with Crippen LogP contribution in [0.4, 0.5) is 17.1 Å². The summed E-state index contributed by atoms with van der Waals surface area (Å²) in [6.45, 7) is 6.02. The van der Waals surface area contributed by atoms with Crippen molar-refractivity contribution in [2.24, 2.45) is 0 Å². The van der Waals surface area contributed by atoms with Crippen LogP contribution in [0.15, 0.2) is 121 Å². The maximum atomic E-state index is 9.85. The van der Waals surface area contributed by atoms with Crippen LogP contribution < -0.4 is 14.0 Å². The third-order valence-electron chi connectivity index (χ3n) is 8.19. The van der Waals surface area contributed by atoms with Crippen molar-refractivity contribution < 1.29 is 14.6 Å². The molecule has 0 amide bonds. The minimum atomic E-state index is -2.19. The van der Waals surface area contributed by atoms with Gasteiger partial charge in [0.1, 0.15) is 5.75 Å². The van der Waals surface area contributed by atoms with E-state index in [2.05, 4.69) is 120 Å². The number of hydrogen-bond acceptors (Lipinski definition) is 4. The number of phenols is 1. The molecule has 0 aliphatic rings. The van der Waals surface area contributed by atoms with E-state index in [1.807, 2.05) is 19.1 Å². The number of ether oxygens (including phenoxy) is 2. The number of nitrogens with zero attached hydrogens (tertiary/aromatic N) is 1. The molecule has 0 radical (unpaired) electrons. The number of phenolic OH excluding ortho intramolecular Hbond substituents is 1. The molecular formula is C39H43GeNO3. The third kappa shape index (κ3) is 8.13. The Balaban J connectivity index is 1.25. The van der Waals surface area contributed by atoms with Gasteiger partial charge in [0.2, 0.25) is 0 Å². The number of aryl methyl sites for hydroxylation is 2. The van der Waals surface area contributed by atoms with Crippen LogP contribution >= 0.6 is 0 Å². The van der Waals surface area contributed by atoms with Crippen molar-refractivity contribution in [2.45, 2.75) is 37.0 Å². The Labute approximate surface area is 265 Å². The predicted molar refractivity (Wildman–Crippen MR) is 187 cm³/mol. The van der Waals surface area contributed by atoms with Crippen molar-refractivity contribution in [1.29, 1.82) is 0 Å². The number of hydrogen-bond donors (Lipinski definition) is 1. The van der Waals surface area contributed by atoms with Crippen LogP contribution in [-0.4, -0.2) is 38.2 Å². The molecule has 0 aromatic heterocycles. The van der Waals surface area contributed by atoms with Gasteiger partial charge in [0.05, 0.1) is 0 Å². The number of aromatic hydroxyl groups is 1. The predicted octanol–water partition coefficient (Wildman–Crippen LogP) is 9.41. The van der Waals surface area contributed by atoms with E-state index in [-0.39, 0.29) is 5.75 Å². The molecule has 5 rings (SSSR count). The summed E-state index contributed by atoms with van der Waals surface area (Å²) in [5.41, 5.74) is 8.16. The molecule has 226 valence electrons. The van der Waals surface area contributed by atoms with E-state index in [9.17, 15) is 5.11 Å². The summed E-state index contributed by atoms with van der Waals surface area (Å²) in [5.74, 6) is 6.19. The molecule has 0 aliphatic heterocycles. The van der Waals surface area contributed by atoms with Crippen molar-refractivity contribution in [3.05, 3.63) is 132 Å². The number of anilines is 3. The second-order valence-electron chi connectivity index (χ2n) is 11.9. The minimum absolute atomic E-state index is 0.261. The van der Waals surface area contributed by atoms with E-state index in [1.54, 1.807) is 12.1 Å². The quantitative estimate of drug-likeness (QED) is 0.102. The van der Waals surface area contributed by atoms with Gasteiger partial charge in [-0.05, 0) is 6.92 Å². The van der Waals surface area contributed by atoms with Crippen LogP contribution in [0.2, 0.25) is 16.8 Å². The van der Waals surface area contributed by atoms with Gasteiger partial charge in [-0.25, -0.2) is 0 Å². The van der Waals surface area contributed by atoms with Gasteiger partial charge in [0.25, 0.3) is 0 Å². The fraction of sp³-hybridized carbons (Fsp3) is 0.231. The zero-order chi connectivity index (χ0) is 30.9. The molecule has 0 spiro atoms. The first kappa shape index (κ1) is 31.4. The van der Waals surface area contributed by atoms with Crippen molar-refractivity contribution in [2.75, 3.05) is 24.7 Å². The zero-order valence-electron chi connectivity index (χ0n) is 26.3. The average Bonchev–Trinajstić information content (AvgIpc) is 3.05. The molecule has 5 heteroatoms. The fourth-order valence-corrected chi connectivity index (χ4v) is 10.1. The molecular weight excluding hydrogens is 603 g/mol. The molecule has 0 heterocycles. The summed E-state index contributed by atoms with van der Waals surface area (Å²) < 4.78 is 12.6. The Morgan fingerprint density at radius 3 is 1.73 bits per heavy atom. The van der Waals surface area contributed by atoms with E-state index in [0.717, 1.165) is 35.8 Å². The van der Waals surface area contributed by atoms with Crippen molar-refractivity contribution in [1.82, 2.24) is 0 Å². The van der Waals surface area contributed by atoms with Gasteiger partial charge in [0, 0.05) is 0 Å². The van der Waals surface area contributed by atoms with Crippen LogP contribution in [0.3, 0.4) is 0 Å². The third-order valence-corrected chi connectivity index (χ3v) is 15.3. The summed E-state index contributed by atoms with van der Waals surface area (Å²) >= 11 is -2.19. The normalized spacial score (nSPS) is 11.4. The van der Waals surface area contributed by atoms with Crippen LogP contribution in [-0.2, 0) is 11.2 Å². The molecule has 0 saturated carbocycles. The van der Waals surface area contributed by atoms with Gasteiger partial charge in [-0.3, -0.25) is 0 Å². The zero-order valence-corrected chi connectivity index (χ0v) is 28.4. The maximum absolute atomic E-state index is 9.85. The van der Waals surface area contributed by atoms with Gasteiger partial charge < -0.3 is 5.11 Å². The molecule has 0 atom stereocenters. The van der Waals surface area contributed by atoms with E-state index in [0.29, 0.717) is 13.2 Å². The monoisotopic (exact) mass is 647 g/mol. The van der Waals surface area contributed by atoms with Gasteiger partial charge in [0.15, 0.2) is 0 Å². The first-order chi connectivity index (χ1) is 21.3. The summed E-state index contributed by atoms with van der Waals surface area (Å²) in [5, 5.41) is 11.1. The van der Waals surface area contributed by atoms with Crippen molar-refractivity contribution in [3.63, 3.8) is 0 Å². The van der Waals surface area contributed by atoms with Gasteiger partial charge >= 0.3 is 243 Å². The Kier molecular flexibility index (Phi) is 10.5. The number of benzene rings is 5. The molecule has 44 heavy (non-hydrogen) atoms. The van der Waals surface area contributed by atoms with Crippen LogP contribution in [0.5, 0.6) is 11.5 Å². The summed E-state index contributed by atoms with van der Waals surface area (Å²) in [7, 11) is 0. The molecule has 0 aliphatic carbocycles. The van der Waals surface area contributed by atoms with Crippen LogP contribution in [0.25, 0.3) is 11.1 Å². The Hall–Kier alpha value is -4.00. The Morgan fingerprint density at radius 2 is 1.16 bits per heavy atom. The summed E-state index contributed by atoms with van der Waals surface area (Å²) in [6, 6.07) is 42.4. The van der Waals surface area contributed by atoms with E-state index in [1.165, 1.54) is 31.9 Å². The molecule has 0 bridgehead atoms. The first-order valence-corrected chi connectivity index (χ1v) is 22.2. The van der Waals surface area contributed by atoms with E-state index in [4.69, 9.17) is 9.47 Å². The molecule has 5 aromatic carbocycles. The Morgan fingerprint density at radius 1 is 0.636 bits per heavy atom. The number of rotatable bonds is 13. The molecule has 5 aromatic rings. The topological polar surface area (TPSA) is 41.9 Å². The molecule has 0 fully saturated rings. The van der Waals surface area contributed by atoms with Crippen molar-refractivity contribution >= 4 is 34.7 Å². The molecule has 1 N–H and O–H groups in total. The summed E-state index contributed by atoms with van der Waals surface area (Å²) in [6.07, 6.45) is 1.09. The Bertz CT molecular complexity index is 1550. The van der Waals surface area contributed by atoms with E-state index < -0.39 is 13.3 Å². The SMILES string of the molecule is CCOCCOc1ccc(C[CH2][Ge]([CH3])([CH3])[c]2ccc(-c3ccc(N(c4ccc(C)cc4)c4ccc(O)cc4)cc3)cc2)cc1. The summed E-state index contributed by atoms with van der Waals surface area (Å²) in [4.78, 5) is 2.21. The van der Waals surface area contributed by atoms with E-state index >= 15 is 0 Å². The van der Waals surface area contributed by atoms with Crippen LogP contribution in [0, 0.1) is 6.92 Å². The molecule has 0 saturated heterocycles. The molecule has 4 nitrogen and oxygen atoms in total. The fourth-order valence-electron chi connectivity index (χ4n) is 5.38. The first-order valence-electron chi connectivity index (χ1n) is 15.5. The standard InChI is InChI=1S/C39H43GeNO3/c1-5-43-28-29-44-39-24-8-31(9-25-39)26-27-40(3,4)34-14-10-32(11-15-34)33-12-18-36(19-13-33)41(35-16-6-30(2)7-17-35)37-20-22-38(42)23-21-37/h6-25,42H,5,26-29H2,1-4H3. The average molecular weight is 646 g/mol. The van der Waals surface area contributed by atoms with Gasteiger partial charge in [-0.15, -0.1) is 0 Å². The second-order valence-corrected chi connectivity index (χ2v) is 22.1. The van der Waals surface area contributed by atoms with Gasteiger partial charge in [-0.1, -0.05) is 5.56 Å². The molecule has 0 unspecified atom stereocenters. The van der Waals surface area contributed by atoms with Crippen LogP contribution in [0.1, 0.15) is 18.1 Å². The second kappa shape index (κ2) is 14.7. The van der Waals surface area contributed by atoms with Gasteiger partial charge in [-0.2, -0.15) is 0 Å². The van der Waals surface area contributed by atoms with Crippen molar-refractivity contribution in [3.8, 4) is 22.6 Å².